The third-order valence-corrected chi connectivity index (χ3v) is 2.87. The molecular formula is C12H15NO. The summed E-state index contributed by atoms with van der Waals surface area (Å²) < 4.78 is 0. The van der Waals surface area contributed by atoms with E-state index in [1.54, 1.807) is 0 Å². The van der Waals surface area contributed by atoms with Crippen molar-refractivity contribution >= 4 is 17.9 Å². The molecule has 1 N–H and O–H groups in total. The molecule has 2 nitrogen and oxygen atoms in total. The first kappa shape index (κ1) is 9.25. The lowest BCUT2D eigenvalue weighted by Crippen LogP contribution is -2.26. The number of nitrogens with one attached hydrogen (secondary N) is 1. The molecule has 14 heavy (non-hydrogen) atoms. The van der Waals surface area contributed by atoms with Crippen molar-refractivity contribution in [3.8, 4) is 0 Å². The number of aryl methyl sites for hydroxylation is 1. The summed E-state index contributed by atoms with van der Waals surface area (Å²) in [5.41, 5.74) is 2.47. The van der Waals surface area contributed by atoms with Gasteiger partial charge in [0.2, 0.25) is 0 Å². The summed E-state index contributed by atoms with van der Waals surface area (Å²) in [5.74, 6) is 0.363. The Balaban J connectivity index is 2.71. The second-order valence-corrected chi connectivity index (χ2v) is 3.70. The molecular weight excluding hydrogens is 174 g/mol. The number of carbonyl (C=O) groups excluding carboxylic acids is 1. The van der Waals surface area contributed by atoms with Gasteiger partial charge in [0.15, 0.2) is 0 Å². The fourth-order valence-electron chi connectivity index (χ4n) is 2.15. The van der Waals surface area contributed by atoms with E-state index in [0.29, 0.717) is 18.6 Å². The average Bonchev–Trinajstić information content (AvgIpc) is 2.54. The Labute approximate surface area is 83.3 Å². The lowest BCUT2D eigenvalue weighted by molar-refractivity contribution is -0.118. The molecule has 0 aliphatic heterocycles. The van der Waals surface area contributed by atoms with E-state index in [9.17, 15) is 4.79 Å². The van der Waals surface area contributed by atoms with Crippen molar-refractivity contribution in [2.24, 2.45) is 0 Å². The van der Waals surface area contributed by atoms with E-state index >= 15 is 0 Å². The Morgan fingerprint density at radius 1 is 1.21 bits per heavy atom. The van der Waals surface area contributed by atoms with Gasteiger partial charge in [-0.25, -0.2) is 0 Å². The van der Waals surface area contributed by atoms with E-state index in [2.05, 4.69) is 17.1 Å². The standard InChI is InChI=1S/C12H15NO/c1-3-9-10-7-8(14)5-6-12(10)13-11(9)4-2/h3-4,13H,5-7H2,1-2H3. The third kappa shape index (κ3) is 1.31. The van der Waals surface area contributed by atoms with Gasteiger partial charge in [-0.05, 0) is 31.1 Å². The van der Waals surface area contributed by atoms with E-state index in [-0.39, 0.29) is 0 Å². The fourth-order valence-corrected chi connectivity index (χ4v) is 2.15. The molecule has 0 saturated heterocycles. The highest BCUT2D eigenvalue weighted by Crippen LogP contribution is 2.12. The van der Waals surface area contributed by atoms with Crippen LogP contribution in [0.1, 0.15) is 31.5 Å². The number of fused-ring (bicyclic) bond motifs is 1. The minimum Gasteiger partial charge on any atom is -0.358 e. The Morgan fingerprint density at radius 3 is 2.64 bits per heavy atom. The van der Waals surface area contributed by atoms with Crippen molar-refractivity contribution in [2.45, 2.75) is 33.1 Å². The van der Waals surface area contributed by atoms with Gasteiger partial charge >= 0.3 is 0 Å². The smallest absolute Gasteiger partial charge is 0.137 e. The average molecular weight is 189 g/mol. The second-order valence-electron chi connectivity index (χ2n) is 3.70. The van der Waals surface area contributed by atoms with Crippen LogP contribution < -0.4 is 10.6 Å². The van der Waals surface area contributed by atoms with Gasteiger partial charge in [-0.3, -0.25) is 4.79 Å². The zero-order valence-electron chi connectivity index (χ0n) is 8.68. The summed E-state index contributed by atoms with van der Waals surface area (Å²) in [6.45, 7) is 4.04. The van der Waals surface area contributed by atoms with Crippen LogP contribution >= 0.6 is 0 Å². The maximum atomic E-state index is 11.4. The maximum Gasteiger partial charge on any atom is 0.137 e. The van der Waals surface area contributed by atoms with Gasteiger partial charge in [0, 0.05) is 23.9 Å². The van der Waals surface area contributed by atoms with Gasteiger partial charge in [-0.15, -0.1) is 0 Å². The quantitative estimate of drug-likeness (QED) is 0.639. The molecule has 0 radical (unpaired) electrons. The molecule has 0 spiro atoms. The number of hydrogen-bond acceptors (Lipinski definition) is 1. The van der Waals surface area contributed by atoms with E-state index < -0.39 is 0 Å². The van der Waals surface area contributed by atoms with Gasteiger partial charge < -0.3 is 4.98 Å². The van der Waals surface area contributed by atoms with Crippen molar-refractivity contribution < 1.29 is 4.79 Å². The minimum atomic E-state index is 0.363. The summed E-state index contributed by atoms with van der Waals surface area (Å²) >= 11 is 0. The third-order valence-electron chi connectivity index (χ3n) is 2.87. The Hall–Kier alpha value is -1.31. The minimum absolute atomic E-state index is 0.363. The zero-order chi connectivity index (χ0) is 10.1. The molecule has 1 heterocycles. The summed E-state index contributed by atoms with van der Waals surface area (Å²) in [7, 11) is 0. The van der Waals surface area contributed by atoms with Gasteiger partial charge in [0.1, 0.15) is 5.78 Å². The number of aromatic nitrogens is 1. The van der Waals surface area contributed by atoms with Crippen molar-refractivity contribution in [1.29, 1.82) is 0 Å². The maximum absolute atomic E-state index is 11.4. The molecule has 0 bridgehead atoms. The predicted octanol–water partition coefficient (Wildman–Crippen LogP) is 0.673. The first-order valence-electron chi connectivity index (χ1n) is 5.10. The van der Waals surface area contributed by atoms with Crippen molar-refractivity contribution in [3.63, 3.8) is 0 Å². The molecule has 0 aromatic carbocycles. The van der Waals surface area contributed by atoms with Crippen LogP contribution in [0.25, 0.3) is 12.2 Å². The van der Waals surface area contributed by atoms with Crippen molar-refractivity contribution in [2.75, 3.05) is 0 Å². The van der Waals surface area contributed by atoms with E-state index in [4.69, 9.17) is 0 Å². The lowest BCUT2D eigenvalue weighted by Gasteiger charge is -2.09. The Kier molecular flexibility index (Phi) is 2.28. The molecule has 0 fully saturated rings. The van der Waals surface area contributed by atoms with Gasteiger partial charge in [0.05, 0.1) is 0 Å². The van der Waals surface area contributed by atoms with Gasteiger partial charge in [0.25, 0.3) is 0 Å². The number of ketones is 1. The van der Waals surface area contributed by atoms with Crippen LogP contribution in [0, 0.1) is 0 Å². The summed E-state index contributed by atoms with van der Waals surface area (Å²) in [6.07, 6.45) is 6.34. The number of rotatable bonds is 0. The molecule has 1 aliphatic carbocycles. The lowest BCUT2D eigenvalue weighted by atomic mass is 9.95. The van der Waals surface area contributed by atoms with Gasteiger partial charge in [-0.2, -0.15) is 0 Å². The van der Waals surface area contributed by atoms with Crippen LogP contribution in [0.2, 0.25) is 0 Å². The highest BCUT2D eigenvalue weighted by molar-refractivity contribution is 5.83. The Morgan fingerprint density at radius 2 is 2.00 bits per heavy atom. The number of Topliss-reactive ketones (excluding diaryl/α,β-unsaturated/α-hetero) is 1. The highest BCUT2D eigenvalue weighted by Gasteiger charge is 2.18. The topological polar surface area (TPSA) is 32.9 Å². The van der Waals surface area contributed by atoms with Gasteiger partial charge in [-0.1, -0.05) is 12.2 Å². The molecule has 0 amide bonds. The molecule has 0 saturated carbocycles. The molecule has 1 aromatic heterocycles. The molecule has 0 unspecified atom stereocenters. The molecule has 1 aromatic rings. The normalized spacial score (nSPS) is 18.9. The van der Waals surface area contributed by atoms with Crippen LogP contribution in [0.5, 0.6) is 0 Å². The summed E-state index contributed by atoms with van der Waals surface area (Å²) in [4.78, 5) is 14.7. The molecule has 1 aliphatic rings. The van der Waals surface area contributed by atoms with Crippen molar-refractivity contribution in [1.82, 2.24) is 4.98 Å². The van der Waals surface area contributed by atoms with Crippen LogP contribution in [0.15, 0.2) is 0 Å². The second kappa shape index (κ2) is 3.45. The first-order valence-corrected chi connectivity index (χ1v) is 5.10. The number of hydrogen-bond donors (Lipinski definition) is 1. The van der Waals surface area contributed by atoms with Crippen molar-refractivity contribution in [3.05, 3.63) is 21.8 Å². The summed E-state index contributed by atoms with van der Waals surface area (Å²) in [5, 5.41) is 2.38. The fraction of sp³-hybridized carbons (Fsp3) is 0.417. The predicted molar refractivity (Wildman–Crippen MR) is 57.4 cm³/mol. The van der Waals surface area contributed by atoms with Crippen LogP contribution in [0.3, 0.4) is 0 Å². The molecule has 0 atom stereocenters. The molecule has 2 heteroatoms. The Bertz CT molecular complexity index is 479. The molecule has 74 valence electrons. The van der Waals surface area contributed by atoms with E-state index in [1.165, 1.54) is 16.5 Å². The van der Waals surface area contributed by atoms with E-state index in [1.807, 2.05) is 13.8 Å². The summed E-state index contributed by atoms with van der Waals surface area (Å²) in [6, 6.07) is 0. The number of H-pyrrole nitrogens is 1. The number of carbonyl (C=O) groups is 1. The SMILES string of the molecule is CC=c1[nH]c2c(c1=CC)CC(=O)CC2. The number of aromatic amines is 1. The molecule has 2 rings (SSSR count). The van der Waals surface area contributed by atoms with Crippen LogP contribution in [-0.2, 0) is 17.6 Å². The monoisotopic (exact) mass is 189 g/mol. The zero-order valence-corrected chi connectivity index (χ0v) is 8.68. The van der Waals surface area contributed by atoms with Crippen LogP contribution in [-0.4, -0.2) is 10.8 Å². The highest BCUT2D eigenvalue weighted by atomic mass is 16.1. The van der Waals surface area contributed by atoms with E-state index in [0.717, 1.165) is 11.8 Å². The first-order chi connectivity index (χ1) is 6.76. The largest absolute Gasteiger partial charge is 0.358 e. The van der Waals surface area contributed by atoms with Crippen LogP contribution in [0.4, 0.5) is 0 Å².